The predicted molar refractivity (Wildman–Crippen MR) is 105 cm³/mol. The normalized spacial score (nSPS) is 16.7. The molecule has 3 aromatic rings. The highest BCUT2D eigenvalue weighted by Gasteiger charge is 2.26. The number of carbonyl (C=O) groups excluding carboxylic acids is 2. The van der Waals surface area contributed by atoms with Gasteiger partial charge in [0.15, 0.2) is 0 Å². The van der Waals surface area contributed by atoms with Gasteiger partial charge >= 0.3 is 0 Å². The maximum atomic E-state index is 12.6. The highest BCUT2D eigenvalue weighted by molar-refractivity contribution is 6.35. The van der Waals surface area contributed by atoms with Crippen molar-refractivity contribution in [3.63, 3.8) is 0 Å². The smallest absolute Gasteiger partial charge is 0.256 e. The van der Waals surface area contributed by atoms with Crippen molar-refractivity contribution >= 4 is 29.2 Å². The first-order valence-electron chi connectivity index (χ1n) is 8.92. The molecule has 0 fully saturated rings. The lowest BCUT2D eigenvalue weighted by atomic mass is 9.97. The molecule has 0 bridgehead atoms. The molecule has 132 valence electrons. The standard InChI is InChI=1S/C22H17N3O2/c26-21-18-12-24-20(15(18)8-9-23-21)11-17-16-10-14(13-4-2-1-3-5-13)6-7-19(16)25-22(17)27/h1-7,10-12,24H,8-9H2,(H,23,26)(H,25,27). The van der Waals surface area contributed by atoms with Crippen LogP contribution < -0.4 is 10.6 Å². The van der Waals surface area contributed by atoms with E-state index in [0.717, 1.165) is 40.1 Å². The average Bonchev–Trinajstić information content (AvgIpc) is 3.25. The van der Waals surface area contributed by atoms with Crippen molar-refractivity contribution < 1.29 is 9.59 Å². The third-order valence-corrected chi connectivity index (χ3v) is 5.13. The topological polar surface area (TPSA) is 74.0 Å². The zero-order chi connectivity index (χ0) is 18.4. The molecule has 0 spiro atoms. The van der Waals surface area contributed by atoms with E-state index in [1.807, 2.05) is 42.5 Å². The van der Waals surface area contributed by atoms with Gasteiger partial charge in [-0.2, -0.15) is 0 Å². The summed E-state index contributed by atoms with van der Waals surface area (Å²) in [5.74, 6) is -0.196. The summed E-state index contributed by atoms with van der Waals surface area (Å²) in [6.45, 7) is 0.612. The number of fused-ring (bicyclic) bond motifs is 2. The van der Waals surface area contributed by atoms with E-state index in [1.54, 1.807) is 6.20 Å². The lowest BCUT2D eigenvalue weighted by Gasteiger charge is -2.13. The fraction of sp³-hybridized carbons (Fsp3) is 0.0909. The molecule has 3 N–H and O–H groups in total. The Morgan fingerprint density at radius 3 is 2.59 bits per heavy atom. The lowest BCUT2D eigenvalue weighted by molar-refractivity contribution is -0.110. The molecule has 2 aliphatic rings. The first kappa shape index (κ1) is 15.6. The molecule has 0 saturated carbocycles. The molecular weight excluding hydrogens is 338 g/mol. The second-order valence-corrected chi connectivity index (χ2v) is 6.74. The molecule has 0 aliphatic carbocycles. The molecule has 2 aliphatic heterocycles. The van der Waals surface area contributed by atoms with Gasteiger partial charge in [0.25, 0.3) is 11.8 Å². The molecule has 2 aromatic carbocycles. The molecule has 2 amide bonds. The van der Waals surface area contributed by atoms with E-state index in [9.17, 15) is 9.59 Å². The van der Waals surface area contributed by atoms with Crippen molar-refractivity contribution in [3.8, 4) is 11.1 Å². The summed E-state index contributed by atoms with van der Waals surface area (Å²) in [6, 6.07) is 16.1. The summed E-state index contributed by atoms with van der Waals surface area (Å²) in [6.07, 6.45) is 4.32. The van der Waals surface area contributed by atoms with E-state index in [2.05, 4.69) is 27.8 Å². The molecule has 5 nitrogen and oxygen atoms in total. The van der Waals surface area contributed by atoms with E-state index in [-0.39, 0.29) is 11.8 Å². The minimum absolute atomic E-state index is 0.0696. The second-order valence-electron chi connectivity index (χ2n) is 6.74. The second kappa shape index (κ2) is 5.99. The van der Waals surface area contributed by atoms with Gasteiger partial charge in [0.2, 0.25) is 0 Å². The highest BCUT2D eigenvalue weighted by atomic mass is 16.2. The highest BCUT2D eigenvalue weighted by Crippen LogP contribution is 2.36. The van der Waals surface area contributed by atoms with Gasteiger partial charge < -0.3 is 15.6 Å². The van der Waals surface area contributed by atoms with Crippen LogP contribution in [0.25, 0.3) is 22.8 Å². The number of benzene rings is 2. The summed E-state index contributed by atoms with van der Waals surface area (Å²) in [5.41, 5.74) is 6.91. The van der Waals surface area contributed by atoms with Crippen LogP contribution in [0.2, 0.25) is 0 Å². The Morgan fingerprint density at radius 1 is 0.889 bits per heavy atom. The van der Waals surface area contributed by atoms with Crippen LogP contribution >= 0.6 is 0 Å². The quantitative estimate of drug-likeness (QED) is 0.616. The number of anilines is 1. The maximum absolute atomic E-state index is 12.6. The van der Waals surface area contributed by atoms with Gasteiger partial charge in [-0.15, -0.1) is 0 Å². The minimum atomic E-state index is -0.126. The number of H-pyrrole nitrogens is 1. The van der Waals surface area contributed by atoms with Gasteiger partial charge in [0, 0.05) is 29.7 Å². The molecule has 5 heteroatoms. The molecule has 0 saturated heterocycles. The van der Waals surface area contributed by atoms with Gasteiger partial charge in [-0.3, -0.25) is 9.59 Å². The van der Waals surface area contributed by atoms with Crippen LogP contribution in [0.4, 0.5) is 5.69 Å². The third-order valence-electron chi connectivity index (χ3n) is 5.13. The molecule has 3 heterocycles. The largest absolute Gasteiger partial charge is 0.361 e. The number of hydrogen-bond donors (Lipinski definition) is 3. The lowest BCUT2D eigenvalue weighted by Crippen LogP contribution is -2.31. The average molecular weight is 355 g/mol. The summed E-state index contributed by atoms with van der Waals surface area (Å²) in [5, 5.41) is 5.76. The van der Waals surface area contributed by atoms with Gasteiger partial charge in [-0.05, 0) is 41.3 Å². The van der Waals surface area contributed by atoms with Crippen molar-refractivity contribution in [1.29, 1.82) is 0 Å². The van der Waals surface area contributed by atoms with Crippen molar-refractivity contribution in [2.24, 2.45) is 0 Å². The van der Waals surface area contributed by atoms with Crippen LogP contribution in [0.3, 0.4) is 0 Å². The van der Waals surface area contributed by atoms with E-state index in [1.165, 1.54) is 0 Å². The number of aromatic amines is 1. The number of nitrogens with one attached hydrogen (secondary N) is 3. The first-order valence-corrected chi connectivity index (χ1v) is 8.92. The van der Waals surface area contributed by atoms with Crippen LogP contribution in [0, 0.1) is 0 Å². The Balaban J connectivity index is 1.60. The minimum Gasteiger partial charge on any atom is -0.361 e. The summed E-state index contributed by atoms with van der Waals surface area (Å²) < 4.78 is 0. The molecule has 5 rings (SSSR count). The van der Waals surface area contributed by atoms with E-state index >= 15 is 0 Å². The number of amides is 2. The zero-order valence-electron chi connectivity index (χ0n) is 14.5. The molecule has 0 unspecified atom stereocenters. The van der Waals surface area contributed by atoms with E-state index in [0.29, 0.717) is 17.7 Å². The number of rotatable bonds is 2. The molecule has 0 radical (unpaired) electrons. The van der Waals surface area contributed by atoms with Crippen molar-refractivity contribution in [2.45, 2.75) is 6.42 Å². The molecule has 27 heavy (non-hydrogen) atoms. The Labute approximate surface area is 156 Å². The SMILES string of the molecule is O=C1Nc2ccc(-c3ccccc3)cc2C1=Cc1[nH]cc2c1CCNC2=O. The van der Waals surface area contributed by atoms with Crippen LogP contribution in [0.5, 0.6) is 0 Å². The molecule has 1 aromatic heterocycles. The number of carbonyl (C=O) groups is 2. The third kappa shape index (κ3) is 2.56. The fourth-order valence-corrected chi connectivity index (χ4v) is 3.75. The predicted octanol–water partition coefficient (Wildman–Crippen LogP) is 3.46. The first-order chi connectivity index (χ1) is 13.2. The van der Waals surface area contributed by atoms with Gasteiger partial charge in [-0.25, -0.2) is 0 Å². The Bertz CT molecular complexity index is 1110. The summed E-state index contributed by atoms with van der Waals surface area (Å²) in [7, 11) is 0. The molecule has 0 atom stereocenters. The van der Waals surface area contributed by atoms with Crippen molar-refractivity contribution in [2.75, 3.05) is 11.9 Å². The van der Waals surface area contributed by atoms with Gasteiger partial charge in [0.05, 0.1) is 11.1 Å². The maximum Gasteiger partial charge on any atom is 0.256 e. The van der Waals surface area contributed by atoms with Crippen molar-refractivity contribution in [1.82, 2.24) is 10.3 Å². The Hall–Kier alpha value is -3.60. The van der Waals surface area contributed by atoms with Crippen LogP contribution in [-0.2, 0) is 11.2 Å². The van der Waals surface area contributed by atoms with Crippen LogP contribution in [0.1, 0.15) is 27.2 Å². The van der Waals surface area contributed by atoms with E-state index < -0.39 is 0 Å². The fourth-order valence-electron chi connectivity index (χ4n) is 3.75. The Kier molecular flexibility index (Phi) is 3.47. The van der Waals surface area contributed by atoms with E-state index in [4.69, 9.17) is 0 Å². The zero-order valence-corrected chi connectivity index (χ0v) is 14.5. The number of aromatic nitrogens is 1. The summed E-state index contributed by atoms with van der Waals surface area (Å²) >= 11 is 0. The van der Waals surface area contributed by atoms with Gasteiger partial charge in [-0.1, -0.05) is 36.4 Å². The summed E-state index contributed by atoms with van der Waals surface area (Å²) in [4.78, 5) is 27.7. The van der Waals surface area contributed by atoms with Gasteiger partial charge in [0.1, 0.15) is 0 Å². The Morgan fingerprint density at radius 2 is 1.74 bits per heavy atom. The van der Waals surface area contributed by atoms with Crippen LogP contribution in [-0.4, -0.2) is 23.3 Å². The van der Waals surface area contributed by atoms with Crippen molar-refractivity contribution in [3.05, 3.63) is 77.1 Å². The monoisotopic (exact) mass is 355 g/mol. The number of hydrogen-bond acceptors (Lipinski definition) is 2. The van der Waals surface area contributed by atoms with Crippen LogP contribution in [0.15, 0.2) is 54.7 Å². The molecular formula is C22H17N3O2.